The number of hydrogen-bond acceptors (Lipinski definition) is 6. The zero-order valence-corrected chi connectivity index (χ0v) is 16.0. The van der Waals surface area contributed by atoms with Crippen LogP contribution in [0.3, 0.4) is 0 Å². The Labute approximate surface area is 159 Å². The van der Waals surface area contributed by atoms with E-state index in [1.54, 1.807) is 12.3 Å². The summed E-state index contributed by atoms with van der Waals surface area (Å²) in [5, 5.41) is 12.1. The van der Waals surface area contributed by atoms with Gasteiger partial charge in [-0.05, 0) is 36.1 Å². The number of phenols is 1. The molecule has 0 bridgehead atoms. The molecule has 0 aromatic heterocycles. The van der Waals surface area contributed by atoms with Gasteiger partial charge < -0.3 is 9.84 Å². The van der Waals surface area contributed by atoms with Gasteiger partial charge in [0.25, 0.3) is 0 Å². The maximum absolute atomic E-state index is 12.0. The van der Waals surface area contributed by atoms with Gasteiger partial charge in [0.2, 0.25) is 0 Å². The molecule has 0 radical (unpaired) electrons. The third kappa shape index (κ3) is 3.73. The predicted octanol–water partition coefficient (Wildman–Crippen LogP) is 3.82. The fraction of sp³-hybridized carbons (Fsp3) is 0.150. The van der Waals surface area contributed by atoms with E-state index in [4.69, 9.17) is 4.74 Å². The summed E-state index contributed by atoms with van der Waals surface area (Å²) >= 11 is 0. The number of nitrogens with one attached hydrogen (secondary N) is 2. The van der Waals surface area contributed by atoms with Crippen molar-refractivity contribution in [2.75, 3.05) is 24.2 Å². The minimum Gasteiger partial charge on any atom is -0.505 e. The fourth-order valence-corrected chi connectivity index (χ4v) is 3.61. The molecule has 3 rings (SSSR count). The number of rotatable bonds is 5. The molecule has 3 aromatic carbocycles. The number of carbonyl (C=O) groups excluding carboxylic acids is 1. The number of fused-ring (bicyclic) bond motifs is 1. The first-order valence-corrected chi connectivity index (χ1v) is 9.77. The zero-order valence-electron chi connectivity index (χ0n) is 15.2. The van der Waals surface area contributed by atoms with Gasteiger partial charge in [-0.25, -0.2) is 4.79 Å². The molecule has 3 N–H and O–H groups in total. The Morgan fingerprint density at radius 3 is 2.56 bits per heavy atom. The Hall–Kier alpha value is -3.06. The van der Waals surface area contributed by atoms with E-state index in [-0.39, 0.29) is 11.3 Å². The van der Waals surface area contributed by atoms with Crippen LogP contribution >= 0.6 is 0 Å². The summed E-state index contributed by atoms with van der Waals surface area (Å²) in [5.41, 5.74) is 7.97. The molecule has 0 aliphatic carbocycles. The molecule has 140 valence electrons. The van der Waals surface area contributed by atoms with Crippen molar-refractivity contribution in [3.8, 4) is 5.75 Å². The van der Waals surface area contributed by atoms with E-state index >= 15 is 0 Å². The zero-order chi connectivity index (χ0) is 19.6. The summed E-state index contributed by atoms with van der Waals surface area (Å²) in [6.45, 7) is 1.92. The van der Waals surface area contributed by atoms with Gasteiger partial charge in [-0.1, -0.05) is 30.3 Å². The van der Waals surface area contributed by atoms with Gasteiger partial charge in [0.15, 0.2) is 5.75 Å². The Kier molecular flexibility index (Phi) is 5.32. The molecule has 0 aliphatic heterocycles. The SMILES string of the molecule is COC(=O)c1cc2ccccc2c(NNc2ccc(C)cc2S(C)=O)c1O. The average Bonchev–Trinajstić information content (AvgIpc) is 2.67. The van der Waals surface area contributed by atoms with Crippen molar-refractivity contribution in [1.82, 2.24) is 0 Å². The van der Waals surface area contributed by atoms with Gasteiger partial charge in [-0.2, -0.15) is 0 Å². The van der Waals surface area contributed by atoms with Crippen molar-refractivity contribution in [1.29, 1.82) is 0 Å². The summed E-state index contributed by atoms with van der Waals surface area (Å²) < 4.78 is 16.8. The lowest BCUT2D eigenvalue weighted by atomic mass is 10.0. The first-order chi connectivity index (χ1) is 12.9. The molecular formula is C20H20N2O4S. The summed E-state index contributed by atoms with van der Waals surface area (Å²) in [6, 6.07) is 14.5. The van der Waals surface area contributed by atoms with Crippen LogP contribution in [0.1, 0.15) is 15.9 Å². The van der Waals surface area contributed by atoms with Gasteiger partial charge in [-0.3, -0.25) is 15.1 Å². The van der Waals surface area contributed by atoms with Gasteiger partial charge in [0.05, 0.1) is 28.5 Å². The van der Waals surface area contributed by atoms with Crippen molar-refractivity contribution in [2.24, 2.45) is 0 Å². The van der Waals surface area contributed by atoms with Crippen molar-refractivity contribution >= 4 is 38.9 Å². The molecular weight excluding hydrogens is 364 g/mol. The summed E-state index contributed by atoms with van der Waals surface area (Å²) in [6.07, 6.45) is 1.60. The van der Waals surface area contributed by atoms with E-state index in [1.807, 2.05) is 49.4 Å². The Balaban J connectivity index is 2.06. The third-order valence-electron chi connectivity index (χ3n) is 4.20. The molecule has 0 saturated heterocycles. The molecule has 27 heavy (non-hydrogen) atoms. The number of ether oxygens (including phenoxy) is 1. The largest absolute Gasteiger partial charge is 0.505 e. The van der Waals surface area contributed by atoms with Crippen molar-refractivity contribution in [2.45, 2.75) is 11.8 Å². The number of hydrogen-bond donors (Lipinski definition) is 3. The number of aromatic hydroxyl groups is 1. The second-order valence-corrected chi connectivity index (χ2v) is 7.41. The molecule has 7 heteroatoms. The first-order valence-electron chi connectivity index (χ1n) is 8.21. The average molecular weight is 384 g/mol. The minimum absolute atomic E-state index is 0.0590. The van der Waals surface area contributed by atoms with E-state index in [2.05, 4.69) is 10.9 Å². The number of aryl methyl sites for hydroxylation is 1. The maximum Gasteiger partial charge on any atom is 0.341 e. The third-order valence-corrected chi connectivity index (χ3v) is 5.15. The number of carbonyl (C=O) groups is 1. The predicted molar refractivity (Wildman–Crippen MR) is 108 cm³/mol. The Morgan fingerprint density at radius 1 is 1.11 bits per heavy atom. The van der Waals surface area contributed by atoms with E-state index < -0.39 is 16.8 Å². The van der Waals surface area contributed by atoms with Crippen LogP contribution in [0.2, 0.25) is 0 Å². The molecule has 3 aromatic rings. The van der Waals surface area contributed by atoms with Gasteiger partial charge in [-0.15, -0.1) is 0 Å². The first kappa shape index (κ1) is 18.7. The maximum atomic E-state index is 12.0. The highest BCUT2D eigenvalue weighted by atomic mass is 32.2. The lowest BCUT2D eigenvalue weighted by Gasteiger charge is -2.17. The number of benzene rings is 3. The second kappa shape index (κ2) is 7.67. The van der Waals surface area contributed by atoms with Crippen LogP contribution in [-0.2, 0) is 15.5 Å². The highest BCUT2D eigenvalue weighted by Crippen LogP contribution is 2.36. The van der Waals surface area contributed by atoms with Crippen molar-refractivity contribution in [3.63, 3.8) is 0 Å². The summed E-state index contributed by atoms with van der Waals surface area (Å²) in [5.74, 6) is -0.855. The van der Waals surface area contributed by atoms with E-state index in [1.165, 1.54) is 7.11 Å². The molecule has 6 nitrogen and oxygen atoms in total. The highest BCUT2D eigenvalue weighted by Gasteiger charge is 2.19. The van der Waals surface area contributed by atoms with Crippen LogP contribution in [0.25, 0.3) is 10.8 Å². The number of anilines is 2. The molecule has 1 unspecified atom stereocenters. The molecule has 0 fully saturated rings. The Bertz CT molecular complexity index is 1050. The highest BCUT2D eigenvalue weighted by molar-refractivity contribution is 7.84. The van der Waals surface area contributed by atoms with Crippen LogP contribution < -0.4 is 10.9 Å². The normalized spacial score (nSPS) is 11.8. The molecule has 0 aliphatic rings. The van der Waals surface area contributed by atoms with Gasteiger partial charge >= 0.3 is 5.97 Å². The molecule has 0 saturated carbocycles. The number of esters is 1. The summed E-state index contributed by atoms with van der Waals surface area (Å²) in [7, 11) is 0.0680. The van der Waals surface area contributed by atoms with Crippen molar-refractivity contribution in [3.05, 3.63) is 59.7 Å². The second-order valence-electron chi connectivity index (χ2n) is 6.06. The molecule has 0 amide bonds. The number of methoxy groups -OCH3 is 1. The van der Waals surface area contributed by atoms with Crippen molar-refractivity contribution < 1.29 is 18.8 Å². The monoisotopic (exact) mass is 384 g/mol. The van der Waals surface area contributed by atoms with E-state index in [0.29, 0.717) is 16.3 Å². The minimum atomic E-state index is -1.19. The van der Waals surface area contributed by atoms with E-state index in [0.717, 1.165) is 16.3 Å². The molecule has 0 heterocycles. The standard InChI is InChI=1S/C20H20N2O4S/c1-12-8-9-16(17(10-12)27(3)25)21-22-18-14-7-5-4-6-13(14)11-15(19(18)23)20(24)26-2/h4-11,21-23H,1-3H3. The van der Waals surface area contributed by atoms with Gasteiger partial charge in [0, 0.05) is 11.6 Å². The number of hydrazine groups is 1. The number of phenolic OH excluding ortho intramolecular Hbond substituents is 1. The lowest BCUT2D eigenvalue weighted by Crippen LogP contribution is -2.13. The fourth-order valence-electron chi connectivity index (χ4n) is 2.83. The molecule has 1 atom stereocenters. The molecule has 0 spiro atoms. The van der Waals surface area contributed by atoms with Crippen LogP contribution in [0.15, 0.2) is 53.4 Å². The van der Waals surface area contributed by atoms with Crippen LogP contribution in [0, 0.1) is 6.92 Å². The van der Waals surface area contributed by atoms with Crippen LogP contribution in [0.5, 0.6) is 5.75 Å². The summed E-state index contributed by atoms with van der Waals surface area (Å²) in [4.78, 5) is 12.6. The topological polar surface area (TPSA) is 87.7 Å². The van der Waals surface area contributed by atoms with Crippen LogP contribution in [0.4, 0.5) is 11.4 Å². The van der Waals surface area contributed by atoms with E-state index in [9.17, 15) is 14.1 Å². The smallest absolute Gasteiger partial charge is 0.341 e. The lowest BCUT2D eigenvalue weighted by molar-refractivity contribution is 0.0598. The van der Waals surface area contributed by atoms with Crippen LogP contribution in [-0.4, -0.2) is 28.7 Å². The quantitative estimate of drug-likeness (QED) is 0.352. The Morgan fingerprint density at radius 2 is 1.85 bits per heavy atom. The van der Waals surface area contributed by atoms with Gasteiger partial charge in [0.1, 0.15) is 11.3 Å².